The van der Waals surface area contributed by atoms with Gasteiger partial charge >= 0.3 is 0 Å². The molecule has 0 aromatic heterocycles. The van der Waals surface area contributed by atoms with E-state index in [1.165, 1.54) is 43.3 Å². The van der Waals surface area contributed by atoms with Gasteiger partial charge in [-0.2, -0.15) is 0 Å². The minimum absolute atomic E-state index is 0.629. The summed E-state index contributed by atoms with van der Waals surface area (Å²) in [5.41, 5.74) is 8.67. The summed E-state index contributed by atoms with van der Waals surface area (Å²) in [5.74, 6) is 0.629. The summed E-state index contributed by atoms with van der Waals surface area (Å²) in [6.07, 6.45) is 9.37. The highest BCUT2D eigenvalue weighted by molar-refractivity contribution is 5.25. The predicted molar refractivity (Wildman–Crippen MR) is 85.7 cm³/mol. The summed E-state index contributed by atoms with van der Waals surface area (Å²) in [7, 11) is 0. The van der Waals surface area contributed by atoms with E-state index in [0.29, 0.717) is 5.92 Å². The van der Waals surface area contributed by atoms with Crippen LogP contribution in [0.3, 0.4) is 0 Å². The third-order valence-corrected chi connectivity index (χ3v) is 3.21. The molecule has 0 fully saturated rings. The lowest BCUT2D eigenvalue weighted by Crippen LogP contribution is -2.11. The van der Waals surface area contributed by atoms with E-state index < -0.39 is 0 Å². The Balaban J connectivity index is 0. The Morgan fingerprint density at radius 3 is 2.17 bits per heavy atom. The molecule has 1 heteroatoms. The normalized spacial score (nSPS) is 13.1. The number of unbranched alkanes of at least 4 members (excludes halogenated alkanes) is 1. The van der Waals surface area contributed by atoms with E-state index in [9.17, 15) is 0 Å². The van der Waals surface area contributed by atoms with Crippen molar-refractivity contribution in [2.24, 2.45) is 11.7 Å². The monoisotopic (exact) mass is 251 g/mol. The van der Waals surface area contributed by atoms with Crippen LogP contribution >= 0.6 is 0 Å². The van der Waals surface area contributed by atoms with Gasteiger partial charge in [-0.25, -0.2) is 0 Å². The van der Waals surface area contributed by atoms with Crippen molar-refractivity contribution in [1.82, 2.24) is 0 Å². The Hall–Kier alpha value is -0.820. The predicted octanol–water partition coefficient (Wildman–Crippen LogP) is 5.25. The van der Waals surface area contributed by atoms with E-state index in [0.717, 1.165) is 13.0 Å². The van der Waals surface area contributed by atoms with E-state index >= 15 is 0 Å². The molecule has 0 aromatic rings. The summed E-state index contributed by atoms with van der Waals surface area (Å²) in [5, 5.41) is 0. The average molecular weight is 251 g/mol. The smallest absolute Gasteiger partial charge is 0.00714 e. The highest BCUT2D eigenvalue weighted by Crippen LogP contribution is 2.26. The molecular weight excluding hydrogens is 218 g/mol. The fourth-order valence-electron chi connectivity index (χ4n) is 2.28. The minimum atomic E-state index is 0.629. The van der Waals surface area contributed by atoms with Gasteiger partial charge in [0.15, 0.2) is 0 Å². The fourth-order valence-corrected chi connectivity index (χ4v) is 2.28. The first-order valence-corrected chi connectivity index (χ1v) is 7.23. The molecule has 1 nitrogen and oxygen atoms in total. The van der Waals surface area contributed by atoms with E-state index in [4.69, 9.17) is 5.73 Å². The zero-order valence-electron chi connectivity index (χ0n) is 12.8. The summed E-state index contributed by atoms with van der Waals surface area (Å²) in [4.78, 5) is 0. The highest BCUT2D eigenvalue weighted by Gasteiger charge is 2.12. The molecule has 0 aliphatic rings. The minimum Gasteiger partial charge on any atom is -0.330 e. The van der Waals surface area contributed by atoms with Crippen LogP contribution in [0.1, 0.15) is 59.3 Å². The molecule has 0 spiro atoms. The van der Waals surface area contributed by atoms with Crippen LogP contribution in [0.4, 0.5) is 0 Å². The van der Waals surface area contributed by atoms with Gasteiger partial charge in [-0.15, -0.1) is 13.2 Å². The maximum atomic E-state index is 5.70. The summed E-state index contributed by atoms with van der Waals surface area (Å²) in [6.45, 7) is 17.5. The second kappa shape index (κ2) is 14.2. The summed E-state index contributed by atoms with van der Waals surface area (Å²) < 4.78 is 0. The molecule has 18 heavy (non-hydrogen) atoms. The lowest BCUT2D eigenvalue weighted by atomic mass is 9.87. The first-order chi connectivity index (χ1) is 8.71. The number of hydrogen-bond donors (Lipinski definition) is 1. The molecule has 0 amide bonds. The van der Waals surface area contributed by atoms with Crippen LogP contribution in [-0.4, -0.2) is 6.54 Å². The molecule has 0 aromatic carbocycles. The number of rotatable bonds is 9. The quantitative estimate of drug-likeness (QED) is 0.440. The van der Waals surface area contributed by atoms with E-state index in [1.54, 1.807) is 0 Å². The molecule has 0 saturated heterocycles. The topological polar surface area (TPSA) is 26.0 Å². The molecule has 0 saturated carbocycles. The van der Waals surface area contributed by atoms with E-state index in [-0.39, 0.29) is 0 Å². The van der Waals surface area contributed by atoms with E-state index in [2.05, 4.69) is 46.6 Å². The van der Waals surface area contributed by atoms with Crippen LogP contribution in [0.5, 0.6) is 0 Å². The van der Waals surface area contributed by atoms with Gasteiger partial charge in [-0.1, -0.05) is 44.9 Å². The van der Waals surface area contributed by atoms with Crippen molar-refractivity contribution in [3.05, 3.63) is 37.0 Å². The molecule has 0 aliphatic carbocycles. The molecule has 0 rings (SSSR count). The lowest BCUT2D eigenvalue weighted by Gasteiger charge is -2.19. The van der Waals surface area contributed by atoms with Gasteiger partial charge in [0.1, 0.15) is 0 Å². The van der Waals surface area contributed by atoms with Crippen LogP contribution in [0, 0.1) is 5.92 Å². The van der Waals surface area contributed by atoms with Crippen molar-refractivity contribution >= 4 is 0 Å². The number of nitrogens with two attached hydrogens (primary N) is 1. The van der Waals surface area contributed by atoms with Gasteiger partial charge in [0.05, 0.1) is 0 Å². The Labute approximate surface area is 115 Å². The third kappa shape index (κ3) is 8.30. The van der Waals surface area contributed by atoms with Crippen molar-refractivity contribution in [1.29, 1.82) is 0 Å². The molecule has 2 N–H and O–H groups in total. The summed E-state index contributed by atoms with van der Waals surface area (Å²) >= 11 is 0. The SMILES string of the molecule is C=C.C=C/C(=C(\C)CCCC)C(CCC)CCN. The molecule has 0 bridgehead atoms. The Bertz CT molecular complexity index is 222. The molecular formula is C17H33N. The van der Waals surface area contributed by atoms with Gasteiger partial charge in [-0.3, -0.25) is 0 Å². The summed E-state index contributed by atoms with van der Waals surface area (Å²) in [6, 6.07) is 0. The molecule has 0 heterocycles. The van der Waals surface area contributed by atoms with Crippen LogP contribution in [0.15, 0.2) is 37.0 Å². The molecule has 0 aliphatic heterocycles. The zero-order valence-corrected chi connectivity index (χ0v) is 12.8. The van der Waals surface area contributed by atoms with Crippen LogP contribution < -0.4 is 5.73 Å². The maximum absolute atomic E-state index is 5.70. The molecule has 1 atom stereocenters. The lowest BCUT2D eigenvalue weighted by molar-refractivity contribution is 0.520. The number of allylic oxidation sites excluding steroid dienone is 3. The Morgan fingerprint density at radius 1 is 1.17 bits per heavy atom. The Morgan fingerprint density at radius 2 is 1.78 bits per heavy atom. The van der Waals surface area contributed by atoms with Gasteiger partial charge < -0.3 is 5.73 Å². The second-order valence-corrected chi connectivity index (χ2v) is 4.61. The third-order valence-electron chi connectivity index (χ3n) is 3.21. The second-order valence-electron chi connectivity index (χ2n) is 4.61. The Kier molecular flexibility index (Phi) is 15.4. The number of hydrogen-bond acceptors (Lipinski definition) is 1. The van der Waals surface area contributed by atoms with Crippen LogP contribution in [-0.2, 0) is 0 Å². The van der Waals surface area contributed by atoms with Gasteiger partial charge in [0.2, 0.25) is 0 Å². The standard InChI is InChI=1S/C15H29N.C2H4/c1-5-8-10-13(4)15(7-3)14(9-6-2)11-12-16;1-2/h7,14H,3,5-6,8-12,16H2,1-2,4H3;1-2H2/b15-13-;. The van der Waals surface area contributed by atoms with Crippen molar-refractivity contribution in [3.8, 4) is 0 Å². The highest BCUT2D eigenvalue weighted by atomic mass is 14.5. The molecule has 0 radical (unpaired) electrons. The zero-order chi connectivity index (χ0) is 14.4. The molecule has 1 unspecified atom stereocenters. The largest absolute Gasteiger partial charge is 0.330 e. The van der Waals surface area contributed by atoms with Crippen molar-refractivity contribution in [2.45, 2.75) is 59.3 Å². The maximum Gasteiger partial charge on any atom is -0.00714 e. The van der Waals surface area contributed by atoms with E-state index in [1.807, 2.05) is 0 Å². The van der Waals surface area contributed by atoms with Crippen LogP contribution in [0.2, 0.25) is 0 Å². The van der Waals surface area contributed by atoms with Gasteiger partial charge in [0.25, 0.3) is 0 Å². The van der Waals surface area contributed by atoms with Crippen molar-refractivity contribution in [2.75, 3.05) is 6.54 Å². The first-order valence-electron chi connectivity index (χ1n) is 7.23. The van der Waals surface area contributed by atoms with Gasteiger partial charge in [-0.05, 0) is 50.6 Å². The van der Waals surface area contributed by atoms with Gasteiger partial charge in [0, 0.05) is 0 Å². The first kappa shape index (κ1) is 19.5. The van der Waals surface area contributed by atoms with Crippen molar-refractivity contribution < 1.29 is 0 Å². The average Bonchev–Trinajstić information content (AvgIpc) is 2.40. The molecule has 106 valence electrons. The van der Waals surface area contributed by atoms with Crippen LogP contribution in [0.25, 0.3) is 0 Å². The fraction of sp³-hybridized carbons (Fsp3) is 0.647. The van der Waals surface area contributed by atoms with Crippen molar-refractivity contribution in [3.63, 3.8) is 0 Å².